The smallest absolute Gasteiger partial charge is 0.228 e. The lowest BCUT2D eigenvalue weighted by Crippen LogP contribution is -2.14. The van der Waals surface area contributed by atoms with Crippen molar-refractivity contribution in [3.8, 4) is 5.75 Å². The second kappa shape index (κ2) is 6.39. The van der Waals surface area contributed by atoms with Crippen LogP contribution in [0.25, 0.3) is 0 Å². The summed E-state index contributed by atoms with van der Waals surface area (Å²) in [6, 6.07) is 9.66. The maximum atomic E-state index is 12.8. The first-order valence-electron chi connectivity index (χ1n) is 6.69. The van der Waals surface area contributed by atoms with Gasteiger partial charge in [-0.15, -0.1) is 0 Å². The summed E-state index contributed by atoms with van der Waals surface area (Å²) in [6.07, 6.45) is 0.213. The first kappa shape index (κ1) is 15.0. The fraction of sp³-hybridized carbons (Fsp3) is 0.235. The summed E-state index contributed by atoms with van der Waals surface area (Å²) < 4.78 is 18.1. The van der Waals surface area contributed by atoms with E-state index in [4.69, 9.17) is 4.74 Å². The minimum absolute atomic E-state index is 0.134. The van der Waals surface area contributed by atoms with Gasteiger partial charge in [0.15, 0.2) is 0 Å². The summed E-state index contributed by atoms with van der Waals surface area (Å²) in [5, 5.41) is 2.85. The van der Waals surface area contributed by atoms with Gasteiger partial charge in [0, 0.05) is 5.69 Å². The van der Waals surface area contributed by atoms with Gasteiger partial charge in [0.05, 0.1) is 13.5 Å². The van der Waals surface area contributed by atoms with E-state index in [0.29, 0.717) is 0 Å². The van der Waals surface area contributed by atoms with Crippen LogP contribution in [0.3, 0.4) is 0 Å². The molecule has 0 aliphatic carbocycles. The third-order valence-corrected chi connectivity index (χ3v) is 3.23. The second-order valence-electron chi connectivity index (χ2n) is 4.99. The van der Waals surface area contributed by atoms with E-state index in [1.54, 1.807) is 19.2 Å². The quantitative estimate of drug-likeness (QED) is 0.932. The molecule has 0 aliphatic heterocycles. The van der Waals surface area contributed by atoms with E-state index in [1.807, 2.05) is 26.0 Å². The van der Waals surface area contributed by atoms with E-state index in [9.17, 15) is 9.18 Å². The molecule has 0 saturated carbocycles. The number of anilines is 1. The average molecular weight is 287 g/mol. The predicted molar refractivity (Wildman–Crippen MR) is 81.2 cm³/mol. The lowest BCUT2D eigenvalue weighted by molar-refractivity contribution is -0.115. The van der Waals surface area contributed by atoms with Crippen LogP contribution in [0, 0.1) is 19.7 Å². The highest BCUT2D eigenvalue weighted by molar-refractivity contribution is 5.92. The van der Waals surface area contributed by atoms with Crippen LogP contribution >= 0.6 is 0 Å². The van der Waals surface area contributed by atoms with Crippen molar-refractivity contribution in [2.45, 2.75) is 20.3 Å². The SMILES string of the molecule is COc1c(C)cc(NC(=O)Cc2ccc(F)cc2)cc1C. The van der Waals surface area contributed by atoms with E-state index in [0.717, 1.165) is 28.1 Å². The zero-order valence-corrected chi connectivity index (χ0v) is 12.4. The van der Waals surface area contributed by atoms with E-state index in [-0.39, 0.29) is 18.1 Å². The van der Waals surface area contributed by atoms with E-state index >= 15 is 0 Å². The Bertz CT molecular complexity index is 627. The number of carbonyl (C=O) groups is 1. The number of benzene rings is 2. The molecule has 2 aromatic carbocycles. The number of ether oxygens (including phenoxy) is 1. The molecule has 2 rings (SSSR count). The van der Waals surface area contributed by atoms with Crippen LogP contribution < -0.4 is 10.1 Å². The molecule has 2 aromatic rings. The molecule has 0 aromatic heterocycles. The summed E-state index contributed by atoms with van der Waals surface area (Å²) in [6.45, 7) is 3.86. The summed E-state index contributed by atoms with van der Waals surface area (Å²) in [5.41, 5.74) is 3.44. The largest absolute Gasteiger partial charge is 0.496 e. The Morgan fingerprint density at radius 2 is 1.71 bits per heavy atom. The van der Waals surface area contributed by atoms with Gasteiger partial charge in [-0.3, -0.25) is 4.79 Å². The number of rotatable bonds is 4. The van der Waals surface area contributed by atoms with Gasteiger partial charge in [-0.05, 0) is 54.8 Å². The normalized spacial score (nSPS) is 10.3. The highest BCUT2D eigenvalue weighted by atomic mass is 19.1. The van der Waals surface area contributed by atoms with Gasteiger partial charge in [-0.2, -0.15) is 0 Å². The van der Waals surface area contributed by atoms with Crippen molar-refractivity contribution in [3.05, 3.63) is 58.9 Å². The van der Waals surface area contributed by atoms with Crippen LogP contribution in [0.15, 0.2) is 36.4 Å². The Morgan fingerprint density at radius 3 is 2.24 bits per heavy atom. The van der Waals surface area contributed by atoms with Crippen LogP contribution in [-0.2, 0) is 11.2 Å². The zero-order valence-electron chi connectivity index (χ0n) is 12.4. The van der Waals surface area contributed by atoms with Crippen molar-refractivity contribution in [1.82, 2.24) is 0 Å². The van der Waals surface area contributed by atoms with Crippen LogP contribution in [0.1, 0.15) is 16.7 Å². The van der Waals surface area contributed by atoms with Gasteiger partial charge in [0.25, 0.3) is 0 Å². The summed E-state index contributed by atoms with van der Waals surface area (Å²) in [5.74, 6) is 0.387. The van der Waals surface area contributed by atoms with Crippen LogP contribution in [0.5, 0.6) is 5.75 Å². The molecule has 0 saturated heterocycles. The lowest BCUT2D eigenvalue weighted by Gasteiger charge is -2.12. The molecule has 4 heteroatoms. The number of hydrogen-bond donors (Lipinski definition) is 1. The Hall–Kier alpha value is -2.36. The van der Waals surface area contributed by atoms with Crippen molar-refractivity contribution in [3.63, 3.8) is 0 Å². The van der Waals surface area contributed by atoms with Gasteiger partial charge in [-0.1, -0.05) is 12.1 Å². The van der Waals surface area contributed by atoms with Gasteiger partial charge in [-0.25, -0.2) is 4.39 Å². The third-order valence-electron chi connectivity index (χ3n) is 3.23. The van der Waals surface area contributed by atoms with Crippen molar-refractivity contribution in [1.29, 1.82) is 0 Å². The monoisotopic (exact) mass is 287 g/mol. The first-order chi connectivity index (χ1) is 9.99. The molecule has 110 valence electrons. The molecule has 0 fully saturated rings. The maximum absolute atomic E-state index is 12.8. The summed E-state index contributed by atoms with van der Waals surface area (Å²) in [4.78, 5) is 12.0. The number of halogens is 1. The highest BCUT2D eigenvalue weighted by Gasteiger charge is 2.08. The number of amides is 1. The average Bonchev–Trinajstić information content (AvgIpc) is 2.41. The molecule has 1 amide bonds. The second-order valence-corrected chi connectivity index (χ2v) is 4.99. The fourth-order valence-electron chi connectivity index (χ4n) is 2.34. The van der Waals surface area contributed by atoms with E-state index in [2.05, 4.69) is 5.32 Å². The molecule has 21 heavy (non-hydrogen) atoms. The molecule has 0 radical (unpaired) electrons. The Labute approximate surface area is 123 Å². The Morgan fingerprint density at radius 1 is 1.14 bits per heavy atom. The molecule has 0 aliphatic rings. The molecule has 0 spiro atoms. The van der Waals surface area contributed by atoms with Crippen LogP contribution in [0.4, 0.5) is 10.1 Å². The first-order valence-corrected chi connectivity index (χ1v) is 6.69. The van der Waals surface area contributed by atoms with E-state index < -0.39 is 0 Å². The van der Waals surface area contributed by atoms with Crippen molar-refractivity contribution < 1.29 is 13.9 Å². The molecule has 0 heterocycles. The number of methoxy groups -OCH3 is 1. The number of hydrogen-bond acceptors (Lipinski definition) is 2. The molecular weight excluding hydrogens is 269 g/mol. The number of carbonyl (C=O) groups excluding carboxylic acids is 1. The van der Waals surface area contributed by atoms with Gasteiger partial charge in [0.2, 0.25) is 5.91 Å². The van der Waals surface area contributed by atoms with Gasteiger partial charge >= 0.3 is 0 Å². The standard InChI is InChI=1S/C17H18FNO2/c1-11-8-15(9-12(2)17(11)21-3)19-16(20)10-13-4-6-14(18)7-5-13/h4-9H,10H2,1-3H3,(H,19,20). The maximum Gasteiger partial charge on any atom is 0.228 e. The minimum atomic E-state index is -0.305. The summed E-state index contributed by atoms with van der Waals surface area (Å²) >= 11 is 0. The molecule has 0 bridgehead atoms. The van der Waals surface area contributed by atoms with Crippen LogP contribution in [0.2, 0.25) is 0 Å². The molecule has 3 nitrogen and oxygen atoms in total. The molecule has 0 unspecified atom stereocenters. The number of aryl methyl sites for hydroxylation is 2. The number of nitrogens with one attached hydrogen (secondary N) is 1. The van der Waals surface area contributed by atoms with Crippen LogP contribution in [-0.4, -0.2) is 13.0 Å². The summed E-state index contributed by atoms with van der Waals surface area (Å²) in [7, 11) is 1.63. The topological polar surface area (TPSA) is 38.3 Å². The Balaban J connectivity index is 2.07. The Kier molecular flexibility index (Phi) is 4.58. The molecule has 1 N–H and O–H groups in total. The fourth-order valence-corrected chi connectivity index (χ4v) is 2.34. The third kappa shape index (κ3) is 3.81. The zero-order chi connectivity index (χ0) is 15.4. The van der Waals surface area contributed by atoms with Crippen molar-refractivity contribution in [2.24, 2.45) is 0 Å². The van der Waals surface area contributed by atoms with E-state index in [1.165, 1.54) is 12.1 Å². The van der Waals surface area contributed by atoms with Crippen molar-refractivity contribution in [2.75, 3.05) is 12.4 Å². The highest BCUT2D eigenvalue weighted by Crippen LogP contribution is 2.26. The molecular formula is C17H18FNO2. The minimum Gasteiger partial charge on any atom is -0.496 e. The van der Waals surface area contributed by atoms with Crippen molar-refractivity contribution >= 4 is 11.6 Å². The molecule has 0 atom stereocenters. The predicted octanol–water partition coefficient (Wildman–Crippen LogP) is 3.63. The lowest BCUT2D eigenvalue weighted by atomic mass is 10.1. The van der Waals surface area contributed by atoms with Gasteiger partial charge < -0.3 is 10.1 Å². The van der Waals surface area contributed by atoms with Gasteiger partial charge in [0.1, 0.15) is 11.6 Å².